The highest BCUT2D eigenvalue weighted by molar-refractivity contribution is 7.10. The van der Waals surface area contributed by atoms with Crippen LogP contribution in [0.15, 0.2) is 60.0 Å². The molecular formula is C24H26N2O3S. The maximum Gasteiger partial charge on any atom is 0.258 e. The van der Waals surface area contributed by atoms with E-state index in [-0.39, 0.29) is 30.4 Å². The smallest absolute Gasteiger partial charge is 0.258 e. The fraction of sp³-hybridized carbons (Fsp3) is 0.333. The number of carbonyl (C=O) groups excluding carboxylic acids is 2. The van der Waals surface area contributed by atoms with Gasteiger partial charge in [0, 0.05) is 16.8 Å². The highest BCUT2D eigenvalue weighted by Crippen LogP contribution is 2.42. The Morgan fingerprint density at radius 2 is 1.73 bits per heavy atom. The third-order valence-electron chi connectivity index (χ3n) is 5.77. The van der Waals surface area contributed by atoms with E-state index in [1.54, 1.807) is 11.3 Å². The molecule has 3 aromatic rings. The molecule has 0 spiro atoms. The van der Waals surface area contributed by atoms with Crippen molar-refractivity contribution >= 4 is 33.9 Å². The van der Waals surface area contributed by atoms with Crippen molar-refractivity contribution < 1.29 is 14.3 Å². The second kappa shape index (κ2) is 9.30. The van der Waals surface area contributed by atoms with Gasteiger partial charge in [-0.25, -0.2) is 0 Å². The molecule has 156 valence electrons. The monoisotopic (exact) mass is 422 g/mol. The van der Waals surface area contributed by atoms with Crippen LogP contribution in [0.3, 0.4) is 0 Å². The van der Waals surface area contributed by atoms with E-state index in [1.807, 2.05) is 42.5 Å². The number of amides is 2. The first-order valence-electron chi connectivity index (χ1n) is 10.3. The van der Waals surface area contributed by atoms with E-state index in [9.17, 15) is 9.59 Å². The Morgan fingerprint density at radius 1 is 0.933 bits per heavy atom. The molecule has 1 saturated carbocycles. The van der Waals surface area contributed by atoms with Crippen LogP contribution in [0, 0.1) is 0 Å². The minimum atomic E-state index is -0.313. The van der Waals surface area contributed by atoms with Crippen LogP contribution in [-0.4, -0.2) is 31.5 Å². The van der Waals surface area contributed by atoms with E-state index in [1.165, 1.54) is 17.7 Å². The molecule has 0 bridgehead atoms. The molecule has 1 aliphatic rings. The number of fused-ring (bicyclic) bond motifs is 1. The summed E-state index contributed by atoms with van der Waals surface area (Å²) >= 11 is 1.76. The normalized spacial score (nSPS) is 15.1. The molecule has 0 unspecified atom stereocenters. The fourth-order valence-electron chi connectivity index (χ4n) is 4.11. The van der Waals surface area contributed by atoms with Gasteiger partial charge < -0.3 is 15.4 Å². The molecule has 6 heteroatoms. The predicted octanol–water partition coefficient (Wildman–Crippen LogP) is 4.02. The SMILES string of the molecule is O=C(CNC(=O)COc1ccc2ccccc2c1)NCC1(c2cccs2)CCCC1. The fourth-order valence-corrected chi connectivity index (χ4v) is 5.10. The molecule has 5 nitrogen and oxygen atoms in total. The van der Waals surface area contributed by atoms with Crippen molar-refractivity contribution in [2.75, 3.05) is 19.7 Å². The number of hydrogen-bond donors (Lipinski definition) is 2. The summed E-state index contributed by atoms with van der Waals surface area (Å²) in [6.07, 6.45) is 4.58. The minimum absolute atomic E-state index is 0.0412. The molecule has 2 aromatic carbocycles. The lowest BCUT2D eigenvalue weighted by atomic mass is 9.84. The molecule has 4 rings (SSSR count). The first-order valence-corrected chi connectivity index (χ1v) is 11.2. The van der Waals surface area contributed by atoms with Crippen LogP contribution in [0.1, 0.15) is 30.6 Å². The van der Waals surface area contributed by atoms with Crippen LogP contribution >= 0.6 is 11.3 Å². The summed E-state index contributed by atoms with van der Waals surface area (Å²) in [5, 5.41) is 9.92. The Bertz CT molecular complexity index is 1010. The largest absolute Gasteiger partial charge is 0.484 e. The first kappa shape index (κ1) is 20.4. The van der Waals surface area contributed by atoms with E-state index in [4.69, 9.17) is 4.74 Å². The van der Waals surface area contributed by atoms with Gasteiger partial charge in [0.25, 0.3) is 5.91 Å². The summed E-state index contributed by atoms with van der Waals surface area (Å²) in [5.41, 5.74) is 0.0486. The molecule has 2 N–H and O–H groups in total. The zero-order valence-corrected chi connectivity index (χ0v) is 17.7. The molecule has 0 atom stereocenters. The number of benzene rings is 2. The summed E-state index contributed by atoms with van der Waals surface area (Å²) in [7, 11) is 0. The van der Waals surface area contributed by atoms with Crippen molar-refractivity contribution in [1.82, 2.24) is 10.6 Å². The maximum atomic E-state index is 12.3. The molecule has 0 aliphatic heterocycles. The van der Waals surface area contributed by atoms with Crippen LogP contribution in [0.5, 0.6) is 5.75 Å². The summed E-state index contributed by atoms with van der Waals surface area (Å²) < 4.78 is 5.57. The van der Waals surface area contributed by atoms with E-state index >= 15 is 0 Å². The number of rotatable bonds is 8. The molecule has 2 amide bonds. The molecule has 1 fully saturated rings. The van der Waals surface area contributed by atoms with Gasteiger partial charge in [-0.1, -0.05) is 49.2 Å². The van der Waals surface area contributed by atoms with Gasteiger partial charge in [-0.05, 0) is 47.2 Å². The van der Waals surface area contributed by atoms with Gasteiger partial charge in [0.1, 0.15) is 5.75 Å². The number of nitrogens with one attached hydrogen (secondary N) is 2. The van der Waals surface area contributed by atoms with Crippen molar-refractivity contribution in [1.29, 1.82) is 0 Å². The standard InChI is InChI=1S/C24H26N2O3S/c27-22(26-17-24(11-3-4-12-24)21-8-5-13-30-21)15-25-23(28)16-29-20-10-9-18-6-1-2-7-19(18)14-20/h1-2,5-10,13-14H,3-4,11-12,15-17H2,(H,25,28)(H,26,27). The van der Waals surface area contributed by atoms with Gasteiger partial charge in [0.15, 0.2) is 6.61 Å². The van der Waals surface area contributed by atoms with Crippen molar-refractivity contribution in [3.63, 3.8) is 0 Å². The molecule has 1 aromatic heterocycles. The Morgan fingerprint density at radius 3 is 2.50 bits per heavy atom. The average molecular weight is 423 g/mol. The molecule has 0 radical (unpaired) electrons. The summed E-state index contributed by atoms with van der Waals surface area (Å²) in [6.45, 7) is 0.459. The first-order chi connectivity index (χ1) is 14.6. The van der Waals surface area contributed by atoms with Gasteiger partial charge in [-0.15, -0.1) is 11.3 Å². The van der Waals surface area contributed by atoms with Crippen molar-refractivity contribution in [3.05, 3.63) is 64.9 Å². The van der Waals surface area contributed by atoms with Crippen molar-refractivity contribution in [2.24, 2.45) is 0 Å². The number of ether oxygens (including phenoxy) is 1. The summed E-state index contributed by atoms with van der Waals surface area (Å²) in [5.74, 6) is 0.149. The number of thiophene rings is 1. The average Bonchev–Trinajstić information content (AvgIpc) is 3.47. The van der Waals surface area contributed by atoms with Crippen molar-refractivity contribution in [3.8, 4) is 5.75 Å². The van der Waals surface area contributed by atoms with Crippen LogP contribution in [0.4, 0.5) is 0 Å². The van der Waals surface area contributed by atoms with Gasteiger partial charge in [0.05, 0.1) is 6.54 Å². The summed E-state index contributed by atoms with van der Waals surface area (Å²) in [4.78, 5) is 25.7. The van der Waals surface area contributed by atoms with Crippen LogP contribution < -0.4 is 15.4 Å². The Hall–Kier alpha value is -2.86. The van der Waals surface area contributed by atoms with E-state index in [0.717, 1.165) is 23.6 Å². The van der Waals surface area contributed by atoms with E-state index in [2.05, 4.69) is 28.1 Å². The summed E-state index contributed by atoms with van der Waals surface area (Å²) in [6, 6.07) is 17.9. The quantitative estimate of drug-likeness (QED) is 0.576. The zero-order chi connectivity index (χ0) is 20.8. The minimum Gasteiger partial charge on any atom is -0.484 e. The second-order valence-corrected chi connectivity index (χ2v) is 8.76. The lowest BCUT2D eigenvalue weighted by Crippen LogP contribution is -2.44. The lowest BCUT2D eigenvalue weighted by molar-refractivity contribution is -0.127. The molecule has 1 aliphatic carbocycles. The zero-order valence-electron chi connectivity index (χ0n) is 16.9. The Kier molecular flexibility index (Phi) is 6.33. The van der Waals surface area contributed by atoms with Crippen LogP contribution in [0.2, 0.25) is 0 Å². The highest BCUT2D eigenvalue weighted by Gasteiger charge is 2.36. The molecule has 30 heavy (non-hydrogen) atoms. The lowest BCUT2D eigenvalue weighted by Gasteiger charge is -2.28. The van der Waals surface area contributed by atoms with E-state index < -0.39 is 0 Å². The Labute approximate surface area is 180 Å². The van der Waals surface area contributed by atoms with Crippen LogP contribution in [-0.2, 0) is 15.0 Å². The second-order valence-electron chi connectivity index (χ2n) is 7.82. The van der Waals surface area contributed by atoms with Gasteiger partial charge >= 0.3 is 0 Å². The molecular weight excluding hydrogens is 396 g/mol. The highest BCUT2D eigenvalue weighted by atomic mass is 32.1. The molecule has 1 heterocycles. The predicted molar refractivity (Wildman–Crippen MR) is 120 cm³/mol. The molecule has 0 saturated heterocycles. The van der Waals surface area contributed by atoms with Crippen molar-refractivity contribution in [2.45, 2.75) is 31.1 Å². The van der Waals surface area contributed by atoms with Gasteiger partial charge in [-0.2, -0.15) is 0 Å². The Balaban J connectivity index is 1.22. The van der Waals surface area contributed by atoms with Crippen LogP contribution in [0.25, 0.3) is 10.8 Å². The van der Waals surface area contributed by atoms with E-state index in [0.29, 0.717) is 12.3 Å². The van der Waals surface area contributed by atoms with Gasteiger partial charge in [0.2, 0.25) is 5.91 Å². The number of hydrogen-bond acceptors (Lipinski definition) is 4. The third-order valence-corrected chi connectivity index (χ3v) is 6.88. The maximum absolute atomic E-state index is 12.3. The topological polar surface area (TPSA) is 67.4 Å². The number of carbonyl (C=O) groups is 2. The third kappa shape index (κ3) is 4.82. The van der Waals surface area contributed by atoms with Gasteiger partial charge in [-0.3, -0.25) is 9.59 Å².